The summed E-state index contributed by atoms with van der Waals surface area (Å²) in [5.41, 5.74) is 0. The van der Waals surface area contributed by atoms with E-state index in [2.05, 4.69) is 5.32 Å². The van der Waals surface area contributed by atoms with Crippen LogP contribution >= 0.6 is 0 Å². The standard InChI is InChI=1S/C13H16N2O4/c16-11(14-9-10-3-2-8-19-10)4-1-7-15-12(17)5-6-13(15)18/h2-3,8H,1,4-7,9H2,(H,14,16). The quantitative estimate of drug-likeness (QED) is 0.772. The lowest BCUT2D eigenvalue weighted by Crippen LogP contribution is -2.31. The van der Waals surface area contributed by atoms with Gasteiger partial charge in [0.25, 0.3) is 0 Å². The van der Waals surface area contributed by atoms with Gasteiger partial charge in [-0.05, 0) is 18.6 Å². The minimum Gasteiger partial charge on any atom is -0.467 e. The van der Waals surface area contributed by atoms with Gasteiger partial charge in [0.2, 0.25) is 17.7 Å². The van der Waals surface area contributed by atoms with Crippen molar-refractivity contribution in [2.45, 2.75) is 32.2 Å². The summed E-state index contributed by atoms with van der Waals surface area (Å²) in [5.74, 6) is 0.302. The zero-order valence-electron chi connectivity index (χ0n) is 10.6. The summed E-state index contributed by atoms with van der Waals surface area (Å²) >= 11 is 0. The Balaban J connectivity index is 1.64. The molecule has 19 heavy (non-hydrogen) atoms. The molecule has 6 nitrogen and oxygen atoms in total. The van der Waals surface area contributed by atoms with Crippen molar-refractivity contribution < 1.29 is 18.8 Å². The largest absolute Gasteiger partial charge is 0.467 e. The van der Waals surface area contributed by atoms with Gasteiger partial charge in [-0.2, -0.15) is 0 Å². The maximum atomic E-state index is 11.5. The molecule has 0 bridgehead atoms. The van der Waals surface area contributed by atoms with Gasteiger partial charge in [0.05, 0.1) is 12.8 Å². The van der Waals surface area contributed by atoms with E-state index in [-0.39, 0.29) is 24.1 Å². The van der Waals surface area contributed by atoms with E-state index < -0.39 is 0 Å². The minimum absolute atomic E-state index is 0.115. The van der Waals surface area contributed by atoms with Gasteiger partial charge in [0, 0.05) is 25.8 Å². The Labute approximate surface area is 110 Å². The van der Waals surface area contributed by atoms with Gasteiger partial charge in [0.1, 0.15) is 5.76 Å². The smallest absolute Gasteiger partial charge is 0.229 e. The zero-order chi connectivity index (χ0) is 13.7. The van der Waals surface area contributed by atoms with E-state index in [1.54, 1.807) is 18.4 Å². The van der Waals surface area contributed by atoms with Crippen LogP contribution in [0.2, 0.25) is 0 Å². The number of carbonyl (C=O) groups excluding carboxylic acids is 3. The molecule has 102 valence electrons. The van der Waals surface area contributed by atoms with Crippen molar-refractivity contribution >= 4 is 17.7 Å². The second-order valence-electron chi connectivity index (χ2n) is 4.40. The predicted octanol–water partition coefficient (Wildman–Crippen LogP) is 0.825. The van der Waals surface area contributed by atoms with Crippen molar-refractivity contribution in [2.24, 2.45) is 0 Å². The van der Waals surface area contributed by atoms with Crippen LogP contribution in [0.1, 0.15) is 31.4 Å². The van der Waals surface area contributed by atoms with E-state index in [9.17, 15) is 14.4 Å². The number of nitrogens with one attached hydrogen (secondary N) is 1. The molecular weight excluding hydrogens is 248 g/mol. The summed E-state index contributed by atoms with van der Waals surface area (Å²) in [7, 11) is 0. The van der Waals surface area contributed by atoms with Crippen molar-refractivity contribution in [3.05, 3.63) is 24.2 Å². The topological polar surface area (TPSA) is 79.6 Å². The molecule has 2 rings (SSSR count). The van der Waals surface area contributed by atoms with Crippen LogP contribution in [0.4, 0.5) is 0 Å². The summed E-state index contributed by atoms with van der Waals surface area (Å²) in [5, 5.41) is 2.71. The lowest BCUT2D eigenvalue weighted by Gasteiger charge is -2.12. The fourth-order valence-electron chi connectivity index (χ4n) is 1.96. The Morgan fingerprint density at radius 2 is 2.05 bits per heavy atom. The Kier molecular flexibility index (Phi) is 4.33. The SMILES string of the molecule is O=C(CCCN1C(=O)CCC1=O)NCc1ccco1. The lowest BCUT2D eigenvalue weighted by molar-refractivity contribution is -0.138. The van der Waals surface area contributed by atoms with Crippen LogP contribution in [0.5, 0.6) is 0 Å². The lowest BCUT2D eigenvalue weighted by atomic mass is 10.2. The molecule has 1 aromatic rings. The number of rotatable bonds is 6. The van der Waals surface area contributed by atoms with Crippen molar-refractivity contribution in [1.29, 1.82) is 0 Å². The molecule has 6 heteroatoms. The molecule has 2 heterocycles. The van der Waals surface area contributed by atoms with E-state index in [4.69, 9.17) is 4.42 Å². The molecule has 0 aromatic carbocycles. The number of hydrogen-bond donors (Lipinski definition) is 1. The molecule has 1 saturated heterocycles. The fourth-order valence-corrected chi connectivity index (χ4v) is 1.96. The second-order valence-corrected chi connectivity index (χ2v) is 4.40. The van der Waals surface area contributed by atoms with Gasteiger partial charge in [-0.25, -0.2) is 0 Å². The Morgan fingerprint density at radius 3 is 2.68 bits per heavy atom. The van der Waals surface area contributed by atoms with Gasteiger partial charge >= 0.3 is 0 Å². The molecule has 1 N–H and O–H groups in total. The fraction of sp³-hybridized carbons (Fsp3) is 0.462. The van der Waals surface area contributed by atoms with Crippen LogP contribution in [0.3, 0.4) is 0 Å². The highest BCUT2D eigenvalue weighted by Gasteiger charge is 2.28. The third-order valence-corrected chi connectivity index (χ3v) is 2.98. The van der Waals surface area contributed by atoms with E-state index in [0.29, 0.717) is 38.1 Å². The van der Waals surface area contributed by atoms with Crippen LogP contribution in [0.25, 0.3) is 0 Å². The molecule has 0 aliphatic carbocycles. The highest BCUT2D eigenvalue weighted by Crippen LogP contribution is 2.12. The van der Waals surface area contributed by atoms with E-state index in [0.717, 1.165) is 0 Å². The average Bonchev–Trinajstić information content (AvgIpc) is 3.00. The Bertz CT molecular complexity index is 451. The number of amides is 3. The molecular formula is C13H16N2O4. The summed E-state index contributed by atoms with van der Waals surface area (Å²) in [4.78, 5) is 35.4. The van der Waals surface area contributed by atoms with Gasteiger partial charge in [-0.15, -0.1) is 0 Å². The first-order chi connectivity index (χ1) is 9.16. The van der Waals surface area contributed by atoms with Crippen LogP contribution in [0, 0.1) is 0 Å². The van der Waals surface area contributed by atoms with E-state index in [1.807, 2.05) is 0 Å². The molecule has 0 saturated carbocycles. The first-order valence-electron chi connectivity index (χ1n) is 6.29. The van der Waals surface area contributed by atoms with Crippen LogP contribution < -0.4 is 5.32 Å². The molecule has 3 amide bonds. The van der Waals surface area contributed by atoms with Crippen LogP contribution in [-0.4, -0.2) is 29.2 Å². The number of imide groups is 1. The minimum atomic E-state index is -0.138. The summed E-state index contributed by atoms with van der Waals surface area (Å²) in [6.45, 7) is 0.680. The highest BCUT2D eigenvalue weighted by atomic mass is 16.3. The second kappa shape index (κ2) is 6.17. The number of furan rings is 1. The molecule has 1 fully saturated rings. The molecule has 0 atom stereocenters. The number of nitrogens with zero attached hydrogens (tertiary/aromatic N) is 1. The van der Waals surface area contributed by atoms with Crippen molar-refractivity contribution in [1.82, 2.24) is 10.2 Å². The third kappa shape index (κ3) is 3.67. The van der Waals surface area contributed by atoms with Gasteiger partial charge in [-0.3, -0.25) is 19.3 Å². The van der Waals surface area contributed by atoms with Gasteiger partial charge < -0.3 is 9.73 Å². The Hall–Kier alpha value is -2.11. The molecule has 1 aromatic heterocycles. The summed E-state index contributed by atoms with van der Waals surface area (Å²) in [6.07, 6.45) is 2.92. The predicted molar refractivity (Wildman–Crippen MR) is 65.7 cm³/mol. The molecule has 0 radical (unpaired) electrons. The molecule has 0 spiro atoms. The van der Waals surface area contributed by atoms with Crippen molar-refractivity contribution in [2.75, 3.05) is 6.54 Å². The number of likely N-dealkylation sites (tertiary alicyclic amines) is 1. The maximum absolute atomic E-state index is 11.5. The first-order valence-corrected chi connectivity index (χ1v) is 6.29. The van der Waals surface area contributed by atoms with Crippen molar-refractivity contribution in [3.63, 3.8) is 0 Å². The monoisotopic (exact) mass is 264 g/mol. The van der Waals surface area contributed by atoms with Crippen LogP contribution in [-0.2, 0) is 20.9 Å². The zero-order valence-corrected chi connectivity index (χ0v) is 10.6. The normalized spacial score (nSPS) is 15.1. The number of hydrogen-bond acceptors (Lipinski definition) is 4. The first kappa shape index (κ1) is 13.3. The number of carbonyl (C=O) groups is 3. The molecule has 1 aliphatic rings. The third-order valence-electron chi connectivity index (χ3n) is 2.98. The van der Waals surface area contributed by atoms with Gasteiger partial charge in [0.15, 0.2) is 0 Å². The van der Waals surface area contributed by atoms with Crippen molar-refractivity contribution in [3.8, 4) is 0 Å². The summed E-state index contributed by atoms with van der Waals surface area (Å²) in [6, 6.07) is 3.54. The molecule has 1 aliphatic heterocycles. The Morgan fingerprint density at radius 1 is 1.32 bits per heavy atom. The average molecular weight is 264 g/mol. The van der Waals surface area contributed by atoms with Gasteiger partial charge in [-0.1, -0.05) is 0 Å². The highest BCUT2D eigenvalue weighted by molar-refractivity contribution is 6.01. The van der Waals surface area contributed by atoms with Crippen LogP contribution in [0.15, 0.2) is 22.8 Å². The van der Waals surface area contributed by atoms with E-state index >= 15 is 0 Å². The van der Waals surface area contributed by atoms with E-state index in [1.165, 1.54) is 4.90 Å². The maximum Gasteiger partial charge on any atom is 0.229 e. The summed E-state index contributed by atoms with van der Waals surface area (Å²) < 4.78 is 5.09. The molecule has 0 unspecified atom stereocenters.